The zero-order valence-electron chi connectivity index (χ0n) is 16.6. The van der Waals surface area contributed by atoms with Crippen LogP contribution in [0.1, 0.15) is 44.2 Å². The molecule has 28 heavy (non-hydrogen) atoms. The Balaban J connectivity index is 1.49. The molecular weight excluding hydrogens is 354 g/mol. The van der Waals surface area contributed by atoms with Crippen molar-refractivity contribution < 1.29 is 9.59 Å². The first-order chi connectivity index (χ1) is 13.6. The highest BCUT2D eigenvalue weighted by molar-refractivity contribution is 5.94. The summed E-state index contributed by atoms with van der Waals surface area (Å²) in [7, 11) is 1.76. The zero-order valence-corrected chi connectivity index (χ0v) is 16.6. The van der Waals surface area contributed by atoms with Crippen LogP contribution in [0, 0.1) is 0 Å². The van der Waals surface area contributed by atoms with Crippen LogP contribution in [0.3, 0.4) is 0 Å². The monoisotopic (exact) mass is 383 g/mol. The Morgan fingerprint density at radius 2 is 1.79 bits per heavy atom. The third-order valence-electron chi connectivity index (χ3n) is 5.11. The van der Waals surface area contributed by atoms with E-state index in [0.717, 1.165) is 36.3 Å². The van der Waals surface area contributed by atoms with Crippen LogP contribution in [0.4, 0.5) is 11.5 Å². The predicted molar refractivity (Wildman–Crippen MR) is 110 cm³/mol. The van der Waals surface area contributed by atoms with Crippen LogP contribution >= 0.6 is 0 Å². The van der Waals surface area contributed by atoms with Gasteiger partial charge in [0.05, 0.1) is 25.3 Å². The number of hydrogen-bond acceptors (Lipinski definition) is 4. The summed E-state index contributed by atoms with van der Waals surface area (Å²) in [6, 6.07) is 9.95. The molecule has 3 rings (SSSR count). The van der Waals surface area contributed by atoms with Gasteiger partial charge in [-0.3, -0.25) is 14.5 Å². The van der Waals surface area contributed by atoms with Gasteiger partial charge in [0.25, 0.3) is 0 Å². The summed E-state index contributed by atoms with van der Waals surface area (Å²) in [5.41, 5.74) is 1.92. The molecule has 0 saturated heterocycles. The fourth-order valence-electron chi connectivity index (χ4n) is 3.72. The Bertz CT molecular complexity index is 811. The van der Waals surface area contributed by atoms with Crippen LogP contribution < -0.4 is 10.6 Å². The van der Waals surface area contributed by atoms with Crippen molar-refractivity contribution >= 4 is 23.3 Å². The number of benzene rings is 1. The lowest BCUT2D eigenvalue weighted by molar-refractivity contribution is -0.119. The van der Waals surface area contributed by atoms with Crippen molar-refractivity contribution in [3.63, 3.8) is 0 Å². The minimum atomic E-state index is -0.149. The Hall–Kier alpha value is -2.67. The van der Waals surface area contributed by atoms with Gasteiger partial charge in [0.2, 0.25) is 11.8 Å². The zero-order chi connectivity index (χ0) is 19.9. The number of likely N-dealkylation sites (N-methyl/N-ethyl adjacent to an activating group) is 1. The van der Waals surface area contributed by atoms with Crippen LogP contribution in [0.25, 0.3) is 0 Å². The molecule has 0 aliphatic heterocycles. The number of aromatic nitrogens is 2. The number of para-hydroxylation sites is 1. The van der Waals surface area contributed by atoms with Crippen LogP contribution in [-0.4, -0.2) is 46.6 Å². The molecule has 1 aromatic carbocycles. The number of hydrogen-bond donors (Lipinski definition) is 2. The third-order valence-corrected chi connectivity index (χ3v) is 5.11. The van der Waals surface area contributed by atoms with E-state index in [4.69, 9.17) is 0 Å². The Kier molecular flexibility index (Phi) is 6.81. The van der Waals surface area contributed by atoms with E-state index in [1.54, 1.807) is 18.1 Å². The average Bonchev–Trinajstić information content (AvgIpc) is 3.33. The third kappa shape index (κ3) is 5.19. The topological polar surface area (TPSA) is 79.3 Å². The van der Waals surface area contributed by atoms with Crippen LogP contribution in [0.5, 0.6) is 0 Å². The smallest absolute Gasteiger partial charge is 0.239 e. The lowest BCUT2D eigenvalue weighted by atomic mass is 10.1. The molecule has 1 aromatic heterocycles. The second kappa shape index (κ2) is 9.50. The van der Waals surface area contributed by atoms with Gasteiger partial charge >= 0.3 is 0 Å². The number of nitrogens with zero attached hydrogens (tertiary/aromatic N) is 3. The molecule has 7 nitrogen and oxygen atoms in total. The molecule has 150 valence electrons. The molecule has 1 heterocycles. The number of nitrogens with one attached hydrogen (secondary N) is 2. The van der Waals surface area contributed by atoms with Crippen molar-refractivity contribution in [3.8, 4) is 0 Å². The first kappa shape index (κ1) is 20.1. The maximum absolute atomic E-state index is 12.4. The molecule has 2 amide bonds. The van der Waals surface area contributed by atoms with E-state index in [-0.39, 0.29) is 24.9 Å². The van der Waals surface area contributed by atoms with Crippen molar-refractivity contribution in [2.24, 2.45) is 0 Å². The lowest BCUT2D eigenvalue weighted by Gasteiger charge is -2.18. The molecule has 0 radical (unpaired) electrons. The van der Waals surface area contributed by atoms with Gasteiger partial charge in [-0.05, 0) is 37.9 Å². The van der Waals surface area contributed by atoms with E-state index in [9.17, 15) is 9.59 Å². The molecule has 0 atom stereocenters. The van der Waals surface area contributed by atoms with E-state index < -0.39 is 0 Å². The number of carbonyl (C=O) groups is 2. The molecule has 0 unspecified atom stereocenters. The largest absolute Gasteiger partial charge is 0.325 e. The number of aryl methyl sites for hydroxylation is 1. The summed E-state index contributed by atoms with van der Waals surface area (Å²) in [5, 5.41) is 10.2. The summed E-state index contributed by atoms with van der Waals surface area (Å²) in [6.07, 6.45) is 7.18. The highest BCUT2D eigenvalue weighted by Gasteiger charge is 2.21. The van der Waals surface area contributed by atoms with Crippen LogP contribution in [0.2, 0.25) is 0 Å². The number of carbonyl (C=O) groups excluding carboxylic acids is 2. The molecule has 1 saturated carbocycles. The quantitative estimate of drug-likeness (QED) is 0.734. The first-order valence-electron chi connectivity index (χ1n) is 9.96. The highest BCUT2D eigenvalue weighted by atomic mass is 16.2. The van der Waals surface area contributed by atoms with Gasteiger partial charge in [0.1, 0.15) is 5.82 Å². The van der Waals surface area contributed by atoms with E-state index >= 15 is 0 Å². The maximum atomic E-state index is 12.4. The average molecular weight is 383 g/mol. The van der Waals surface area contributed by atoms with Gasteiger partial charge in [-0.1, -0.05) is 38.0 Å². The summed E-state index contributed by atoms with van der Waals surface area (Å²) in [5.74, 6) is 0.447. The van der Waals surface area contributed by atoms with Gasteiger partial charge in [-0.2, -0.15) is 5.10 Å². The number of anilines is 2. The van der Waals surface area contributed by atoms with Crippen LogP contribution in [-0.2, 0) is 16.0 Å². The molecule has 0 spiro atoms. The van der Waals surface area contributed by atoms with Gasteiger partial charge < -0.3 is 10.6 Å². The van der Waals surface area contributed by atoms with Crippen LogP contribution in [0.15, 0.2) is 36.5 Å². The summed E-state index contributed by atoms with van der Waals surface area (Å²) in [4.78, 5) is 26.4. The fraction of sp³-hybridized carbons (Fsp3) is 0.476. The summed E-state index contributed by atoms with van der Waals surface area (Å²) >= 11 is 0. The van der Waals surface area contributed by atoms with Gasteiger partial charge in [0, 0.05) is 11.8 Å². The number of amides is 2. The molecule has 1 aliphatic carbocycles. The van der Waals surface area contributed by atoms with Crippen molar-refractivity contribution in [3.05, 3.63) is 42.1 Å². The second-order valence-electron chi connectivity index (χ2n) is 7.38. The highest BCUT2D eigenvalue weighted by Crippen LogP contribution is 2.31. The minimum absolute atomic E-state index is 0.132. The van der Waals surface area contributed by atoms with E-state index in [2.05, 4.69) is 22.7 Å². The lowest BCUT2D eigenvalue weighted by Crippen LogP contribution is -2.36. The molecule has 7 heteroatoms. The summed E-state index contributed by atoms with van der Waals surface area (Å²) in [6.45, 7) is 2.34. The van der Waals surface area contributed by atoms with E-state index in [0.29, 0.717) is 6.04 Å². The second-order valence-corrected chi connectivity index (χ2v) is 7.38. The molecule has 2 aromatic rings. The standard InChI is InChI=1S/C21H29N5O2/c1-3-16-8-4-7-11-18(16)23-20(27)14-25(2)15-21(28)24-19-12-13-22-26(19)17-9-5-6-10-17/h4,7-8,11-13,17H,3,5-6,9-10,14-15H2,1-2H3,(H,23,27)(H,24,28). The first-order valence-corrected chi connectivity index (χ1v) is 9.96. The van der Waals surface area contributed by atoms with Crippen molar-refractivity contribution in [2.45, 2.75) is 45.1 Å². The normalized spacial score (nSPS) is 14.4. The molecular formula is C21H29N5O2. The van der Waals surface area contributed by atoms with E-state index in [1.807, 2.05) is 35.0 Å². The van der Waals surface area contributed by atoms with Gasteiger partial charge in [-0.25, -0.2) is 4.68 Å². The maximum Gasteiger partial charge on any atom is 0.239 e. The predicted octanol–water partition coefficient (Wildman–Crippen LogP) is 3.07. The molecule has 2 N–H and O–H groups in total. The summed E-state index contributed by atoms with van der Waals surface area (Å²) < 4.78 is 1.92. The van der Waals surface area contributed by atoms with Gasteiger partial charge in [-0.15, -0.1) is 0 Å². The molecule has 1 aliphatic rings. The van der Waals surface area contributed by atoms with Crippen molar-refractivity contribution in [1.82, 2.24) is 14.7 Å². The SMILES string of the molecule is CCc1ccccc1NC(=O)CN(C)CC(=O)Nc1ccnn1C1CCCC1. The Labute approximate surface area is 166 Å². The fourth-order valence-corrected chi connectivity index (χ4v) is 3.72. The number of rotatable bonds is 8. The van der Waals surface area contributed by atoms with E-state index in [1.165, 1.54) is 12.8 Å². The van der Waals surface area contributed by atoms with Crippen molar-refractivity contribution in [1.29, 1.82) is 0 Å². The minimum Gasteiger partial charge on any atom is -0.325 e. The molecule has 1 fully saturated rings. The Morgan fingerprint density at radius 1 is 1.11 bits per heavy atom. The molecule has 0 bridgehead atoms. The Morgan fingerprint density at radius 3 is 2.50 bits per heavy atom. The van der Waals surface area contributed by atoms with Gasteiger partial charge in [0.15, 0.2) is 0 Å². The van der Waals surface area contributed by atoms with Crippen molar-refractivity contribution in [2.75, 3.05) is 30.8 Å².